The first kappa shape index (κ1) is 11.8. The summed E-state index contributed by atoms with van der Waals surface area (Å²) >= 11 is 0. The van der Waals surface area contributed by atoms with Crippen LogP contribution in [0.4, 0.5) is 0 Å². The summed E-state index contributed by atoms with van der Waals surface area (Å²) < 4.78 is 9.39. The van der Waals surface area contributed by atoms with E-state index in [0.717, 1.165) is 0 Å². The quantitative estimate of drug-likeness (QED) is 0.509. The highest BCUT2D eigenvalue weighted by atomic mass is 16.5. The Hall–Kier alpha value is -1.32. The third-order valence-electron chi connectivity index (χ3n) is 2.81. The Kier molecular flexibility index (Phi) is 3.88. The molecule has 0 radical (unpaired) electrons. The lowest BCUT2D eigenvalue weighted by atomic mass is 9.76. The fourth-order valence-electron chi connectivity index (χ4n) is 1.98. The first-order chi connectivity index (χ1) is 7.11. The lowest BCUT2D eigenvalue weighted by Crippen LogP contribution is -2.37. The van der Waals surface area contributed by atoms with Gasteiger partial charge >= 0.3 is 11.9 Å². The van der Waals surface area contributed by atoms with Crippen LogP contribution in [0.5, 0.6) is 0 Å². The zero-order valence-corrected chi connectivity index (χ0v) is 9.23. The highest BCUT2D eigenvalue weighted by molar-refractivity contribution is 5.83. The second-order valence-electron chi connectivity index (χ2n) is 3.70. The minimum atomic E-state index is -0.424. The fraction of sp³-hybridized carbons (Fsp3) is 0.636. The summed E-state index contributed by atoms with van der Waals surface area (Å²) in [6.45, 7) is 1.90. The van der Waals surface area contributed by atoms with Gasteiger partial charge in [0.05, 0.1) is 26.1 Å². The van der Waals surface area contributed by atoms with E-state index in [1.54, 1.807) is 0 Å². The molecule has 1 aliphatic rings. The molecule has 0 fully saturated rings. The summed E-state index contributed by atoms with van der Waals surface area (Å²) in [5, 5.41) is 0. The van der Waals surface area contributed by atoms with Gasteiger partial charge in [-0.3, -0.25) is 9.59 Å². The Labute approximate surface area is 89.2 Å². The molecule has 0 heterocycles. The van der Waals surface area contributed by atoms with Crippen LogP contribution in [0.25, 0.3) is 0 Å². The van der Waals surface area contributed by atoms with E-state index in [1.807, 2.05) is 19.1 Å². The third kappa shape index (κ3) is 2.37. The molecule has 1 rings (SSSR count). The average molecular weight is 212 g/mol. The van der Waals surface area contributed by atoms with E-state index in [1.165, 1.54) is 14.2 Å². The lowest BCUT2D eigenvalue weighted by Gasteiger charge is -2.28. The van der Waals surface area contributed by atoms with Crippen molar-refractivity contribution < 1.29 is 19.1 Å². The summed E-state index contributed by atoms with van der Waals surface area (Å²) in [6, 6.07) is 0. The monoisotopic (exact) mass is 212 g/mol. The van der Waals surface area contributed by atoms with Crippen LogP contribution < -0.4 is 0 Å². The van der Waals surface area contributed by atoms with Gasteiger partial charge in [0.25, 0.3) is 0 Å². The maximum absolute atomic E-state index is 11.5. The van der Waals surface area contributed by atoms with Crippen molar-refractivity contribution in [3.05, 3.63) is 12.2 Å². The van der Waals surface area contributed by atoms with Crippen LogP contribution in [0, 0.1) is 17.8 Å². The van der Waals surface area contributed by atoms with Gasteiger partial charge in [-0.25, -0.2) is 0 Å². The molecule has 84 valence electrons. The number of hydrogen-bond donors (Lipinski definition) is 0. The number of carbonyl (C=O) groups excluding carboxylic acids is 2. The molecule has 3 atom stereocenters. The highest BCUT2D eigenvalue weighted by Crippen LogP contribution is 2.31. The Morgan fingerprint density at radius 3 is 2.33 bits per heavy atom. The molecule has 1 aliphatic carbocycles. The molecule has 0 amide bonds. The van der Waals surface area contributed by atoms with Gasteiger partial charge in [-0.2, -0.15) is 0 Å². The molecule has 15 heavy (non-hydrogen) atoms. The largest absolute Gasteiger partial charge is 0.469 e. The molecule has 0 unspecified atom stereocenters. The zero-order chi connectivity index (χ0) is 11.4. The van der Waals surface area contributed by atoms with Crippen LogP contribution in [-0.2, 0) is 19.1 Å². The molecule has 0 saturated heterocycles. The van der Waals surface area contributed by atoms with E-state index < -0.39 is 11.8 Å². The van der Waals surface area contributed by atoms with E-state index in [-0.39, 0.29) is 17.9 Å². The highest BCUT2D eigenvalue weighted by Gasteiger charge is 2.39. The molecule has 0 N–H and O–H groups in total. The summed E-state index contributed by atoms with van der Waals surface area (Å²) in [6.07, 6.45) is 4.38. The molecule has 0 aromatic carbocycles. The number of rotatable bonds is 2. The smallest absolute Gasteiger partial charge is 0.310 e. The molecule has 0 aliphatic heterocycles. The molecule has 4 heteroatoms. The normalized spacial score (nSPS) is 29.7. The molecule has 0 saturated carbocycles. The second-order valence-corrected chi connectivity index (χ2v) is 3.70. The Balaban J connectivity index is 2.89. The van der Waals surface area contributed by atoms with Crippen LogP contribution in [-0.4, -0.2) is 26.2 Å². The summed E-state index contributed by atoms with van der Waals surface area (Å²) in [5.41, 5.74) is 0. The number of carbonyl (C=O) groups is 2. The minimum absolute atomic E-state index is 0.00954. The maximum atomic E-state index is 11.5. The lowest BCUT2D eigenvalue weighted by molar-refractivity contribution is -0.159. The fourth-order valence-corrected chi connectivity index (χ4v) is 1.98. The van der Waals surface area contributed by atoms with Crippen molar-refractivity contribution in [2.24, 2.45) is 17.8 Å². The Bertz CT molecular complexity index is 282. The van der Waals surface area contributed by atoms with Crippen LogP contribution in [0.3, 0.4) is 0 Å². The van der Waals surface area contributed by atoms with Gasteiger partial charge in [-0.15, -0.1) is 0 Å². The Morgan fingerprint density at radius 2 is 1.80 bits per heavy atom. The zero-order valence-electron chi connectivity index (χ0n) is 9.23. The van der Waals surface area contributed by atoms with Gasteiger partial charge in [0.2, 0.25) is 0 Å². The van der Waals surface area contributed by atoms with E-state index in [4.69, 9.17) is 4.74 Å². The molecule has 0 aromatic heterocycles. The number of methoxy groups -OCH3 is 2. The maximum Gasteiger partial charge on any atom is 0.310 e. The van der Waals surface area contributed by atoms with Gasteiger partial charge in [-0.05, 0) is 12.3 Å². The predicted molar refractivity (Wildman–Crippen MR) is 53.9 cm³/mol. The number of hydrogen-bond acceptors (Lipinski definition) is 4. The summed E-state index contributed by atoms with van der Waals surface area (Å²) in [4.78, 5) is 23.0. The van der Waals surface area contributed by atoms with Gasteiger partial charge in [-0.1, -0.05) is 19.1 Å². The molecular formula is C11H16O4. The van der Waals surface area contributed by atoms with Gasteiger partial charge in [0.1, 0.15) is 0 Å². The molecule has 0 spiro atoms. The van der Waals surface area contributed by atoms with E-state index in [0.29, 0.717) is 6.42 Å². The molecule has 0 aromatic rings. The van der Waals surface area contributed by atoms with E-state index in [9.17, 15) is 9.59 Å². The molecular weight excluding hydrogens is 196 g/mol. The van der Waals surface area contributed by atoms with Crippen molar-refractivity contribution in [1.82, 2.24) is 0 Å². The summed E-state index contributed by atoms with van der Waals surface area (Å²) in [5.74, 6) is -1.52. The van der Waals surface area contributed by atoms with Crippen molar-refractivity contribution >= 4 is 11.9 Å². The molecule has 4 nitrogen and oxygen atoms in total. The minimum Gasteiger partial charge on any atom is -0.469 e. The first-order valence-corrected chi connectivity index (χ1v) is 4.94. The van der Waals surface area contributed by atoms with Gasteiger partial charge < -0.3 is 9.47 Å². The van der Waals surface area contributed by atoms with Crippen molar-refractivity contribution in [3.8, 4) is 0 Å². The average Bonchev–Trinajstić information content (AvgIpc) is 2.26. The summed E-state index contributed by atoms with van der Waals surface area (Å²) in [7, 11) is 2.67. The predicted octanol–water partition coefficient (Wildman–Crippen LogP) is 1.16. The van der Waals surface area contributed by atoms with Gasteiger partial charge in [0.15, 0.2) is 0 Å². The van der Waals surface area contributed by atoms with Crippen LogP contribution in [0.15, 0.2) is 12.2 Å². The Morgan fingerprint density at radius 1 is 1.20 bits per heavy atom. The topological polar surface area (TPSA) is 52.6 Å². The van der Waals surface area contributed by atoms with Crippen molar-refractivity contribution in [2.75, 3.05) is 14.2 Å². The first-order valence-electron chi connectivity index (χ1n) is 4.94. The van der Waals surface area contributed by atoms with Crippen molar-refractivity contribution in [1.29, 1.82) is 0 Å². The number of ether oxygens (including phenoxy) is 2. The van der Waals surface area contributed by atoms with Gasteiger partial charge in [0, 0.05) is 0 Å². The van der Waals surface area contributed by atoms with Crippen LogP contribution in [0.2, 0.25) is 0 Å². The number of allylic oxidation sites excluding steroid dienone is 2. The standard InChI is InChI=1S/C11H16O4/c1-7-5-4-6-8(10(12)14-2)9(7)11(13)15-3/h4-5,7-9H,6H2,1-3H3/t7-,8-,9+/m0/s1. The van der Waals surface area contributed by atoms with Crippen molar-refractivity contribution in [2.45, 2.75) is 13.3 Å². The SMILES string of the molecule is COC(=O)[C@H]1[C@@H](C(=O)OC)CC=C[C@@H]1C. The molecule has 0 bridgehead atoms. The van der Waals surface area contributed by atoms with E-state index >= 15 is 0 Å². The van der Waals surface area contributed by atoms with Crippen molar-refractivity contribution in [3.63, 3.8) is 0 Å². The third-order valence-corrected chi connectivity index (χ3v) is 2.81. The second kappa shape index (κ2) is 4.96. The van der Waals surface area contributed by atoms with E-state index in [2.05, 4.69) is 4.74 Å². The van der Waals surface area contributed by atoms with Crippen LogP contribution in [0.1, 0.15) is 13.3 Å². The number of esters is 2. The van der Waals surface area contributed by atoms with Crippen LogP contribution >= 0.6 is 0 Å².